The van der Waals surface area contributed by atoms with Crippen LogP contribution in [-0.2, 0) is 0 Å². The molecule has 0 amide bonds. The SMILES string of the molecule is N[C@@H](c1ccc(F)cc1)c1n[nH]c(C2CC2)n1. The summed E-state index contributed by atoms with van der Waals surface area (Å²) < 4.78 is 12.8. The molecule has 1 atom stereocenters. The van der Waals surface area contributed by atoms with Gasteiger partial charge >= 0.3 is 0 Å². The summed E-state index contributed by atoms with van der Waals surface area (Å²) >= 11 is 0. The third kappa shape index (κ3) is 2.06. The highest BCUT2D eigenvalue weighted by atomic mass is 19.1. The first kappa shape index (κ1) is 10.4. The van der Waals surface area contributed by atoms with Gasteiger partial charge in [-0.3, -0.25) is 5.10 Å². The molecule has 2 aromatic rings. The van der Waals surface area contributed by atoms with Crippen molar-refractivity contribution in [1.29, 1.82) is 0 Å². The Hall–Kier alpha value is -1.75. The van der Waals surface area contributed by atoms with Gasteiger partial charge in [-0.05, 0) is 30.5 Å². The Morgan fingerprint density at radius 1 is 1.29 bits per heavy atom. The van der Waals surface area contributed by atoms with Gasteiger partial charge in [-0.15, -0.1) is 0 Å². The van der Waals surface area contributed by atoms with E-state index in [4.69, 9.17) is 5.73 Å². The number of aromatic nitrogens is 3. The van der Waals surface area contributed by atoms with Crippen molar-refractivity contribution in [2.75, 3.05) is 0 Å². The molecular formula is C12H13FN4. The second kappa shape index (κ2) is 3.92. The molecule has 88 valence electrons. The van der Waals surface area contributed by atoms with Gasteiger partial charge < -0.3 is 5.73 Å². The molecule has 1 fully saturated rings. The fourth-order valence-electron chi connectivity index (χ4n) is 1.79. The van der Waals surface area contributed by atoms with Gasteiger partial charge in [0, 0.05) is 5.92 Å². The quantitative estimate of drug-likeness (QED) is 0.848. The van der Waals surface area contributed by atoms with Crippen molar-refractivity contribution in [2.45, 2.75) is 24.8 Å². The molecule has 0 bridgehead atoms. The van der Waals surface area contributed by atoms with Gasteiger partial charge in [0.15, 0.2) is 5.82 Å². The molecule has 3 rings (SSSR count). The van der Waals surface area contributed by atoms with Gasteiger partial charge in [-0.2, -0.15) is 5.10 Å². The van der Waals surface area contributed by atoms with Crippen molar-refractivity contribution < 1.29 is 4.39 Å². The average molecular weight is 232 g/mol. The Morgan fingerprint density at radius 3 is 2.65 bits per heavy atom. The van der Waals surface area contributed by atoms with Crippen molar-refractivity contribution in [1.82, 2.24) is 15.2 Å². The van der Waals surface area contributed by atoms with Crippen LogP contribution in [0.4, 0.5) is 4.39 Å². The number of hydrogen-bond acceptors (Lipinski definition) is 3. The first-order valence-corrected chi connectivity index (χ1v) is 5.67. The molecule has 0 saturated heterocycles. The Morgan fingerprint density at radius 2 is 2.00 bits per heavy atom. The fourth-order valence-corrected chi connectivity index (χ4v) is 1.79. The highest BCUT2D eigenvalue weighted by molar-refractivity contribution is 5.25. The summed E-state index contributed by atoms with van der Waals surface area (Å²) in [5, 5.41) is 7.04. The van der Waals surface area contributed by atoms with E-state index in [1.54, 1.807) is 12.1 Å². The van der Waals surface area contributed by atoms with Crippen molar-refractivity contribution in [3.8, 4) is 0 Å². The minimum atomic E-state index is -0.403. The summed E-state index contributed by atoms with van der Waals surface area (Å²) in [5.41, 5.74) is 6.85. The van der Waals surface area contributed by atoms with E-state index in [2.05, 4.69) is 15.2 Å². The van der Waals surface area contributed by atoms with Crippen LogP contribution >= 0.6 is 0 Å². The van der Waals surface area contributed by atoms with Crippen molar-refractivity contribution >= 4 is 0 Å². The van der Waals surface area contributed by atoms with Gasteiger partial charge in [0.1, 0.15) is 11.6 Å². The molecule has 1 heterocycles. The third-order valence-electron chi connectivity index (χ3n) is 2.99. The second-order valence-electron chi connectivity index (χ2n) is 4.38. The molecule has 0 radical (unpaired) electrons. The van der Waals surface area contributed by atoms with Crippen LogP contribution in [0.3, 0.4) is 0 Å². The van der Waals surface area contributed by atoms with E-state index in [9.17, 15) is 4.39 Å². The lowest BCUT2D eigenvalue weighted by molar-refractivity contribution is 0.626. The maximum Gasteiger partial charge on any atom is 0.171 e. The van der Waals surface area contributed by atoms with Crippen LogP contribution in [0, 0.1) is 5.82 Å². The number of benzene rings is 1. The predicted octanol–water partition coefficient (Wildman–Crippen LogP) is 1.87. The molecule has 17 heavy (non-hydrogen) atoms. The second-order valence-corrected chi connectivity index (χ2v) is 4.38. The molecule has 1 aliphatic carbocycles. The normalized spacial score (nSPS) is 17.1. The van der Waals surface area contributed by atoms with Crippen LogP contribution in [0.15, 0.2) is 24.3 Å². The number of hydrogen-bond donors (Lipinski definition) is 2. The summed E-state index contributed by atoms with van der Waals surface area (Å²) in [6, 6.07) is 5.70. The largest absolute Gasteiger partial charge is 0.318 e. The van der Waals surface area contributed by atoms with E-state index < -0.39 is 6.04 Å². The highest BCUT2D eigenvalue weighted by Crippen LogP contribution is 2.38. The zero-order valence-electron chi connectivity index (χ0n) is 9.23. The summed E-state index contributed by atoms with van der Waals surface area (Å²) in [6.45, 7) is 0. The zero-order chi connectivity index (χ0) is 11.8. The van der Waals surface area contributed by atoms with E-state index in [1.165, 1.54) is 25.0 Å². The maximum atomic E-state index is 12.8. The Labute approximate surface area is 98.1 Å². The van der Waals surface area contributed by atoms with E-state index in [1.807, 2.05) is 0 Å². The molecule has 0 aliphatic heterocycles. The molecule has 1 saturated carbocycles. The van der Waals surface area contributed by atoms with Gasteiger partial charge in [0.2, 0.25) is 0 Å². The number of aromatic amines is 1. The number of H-pyrrole nitrogens is 1. The number of rotatable bonds is 3. The van der Waals surface area contributed by atoms with Crippen LogP contribution in [0.25, 0.3) is 0 Å². The molecule has 1 aromatic heterocycles. The fraction of sp³-hybridized carbons (Fsp3) is 0.333. The summed E-state index contributed by atoms with van der Waals surface area (Å²) in [6.07, 6.45) is 2.33. The summed E-state index contributed by atoms with van der Waals surface area (Å²) in [7, 11) is 0. The number of nitrogens with two attached hydrogens (primary N) is 1. The van der Waals surface area contributed by atoms with Crippen molar-refractivity contribution in [2.24, 2.45) is 5.73 Å². The monoisotopic (exact) mass is 232 g/mol. The lowest BCUT2D eigenvalue weighted by Gasteiger charge is -2.07. The molecular weight excluding hydrogens is 219 g/mol. The topological polar surface area (TPSA) is 67.6 Å². The third-order valence-corrected chi connectivity index (χ3v) is 2.99. The average Bonchev–Trinajstić information content (AvgIpc) is 3.07. The van der Waals surface area contributed by atoms with E-state index in [0.29, 0.717) is 11.7 Å². The van der Waals surface area contributed by atoms with Gasteiger partial charge in [-0.1, -0.05) is 12.1 Å². The molecule has 3 N–H and O–H groups in total. The number of nitrogens with zero attached hydrogens (tertiary/aromatic N) is 2. The van der Waals surface area contributed by atoms with E-state index >= 15 is 0 Å². The highest BCUT2D eigenvalue weighted by Gasteiger charge is 2.28. The van der Waals surface area contributed by atoms with Gasteiger partial charge in [0.25, 0.3) is 0 Å². The smallest absolute Gasteiger partial charge is 0.171 e. The van der Waals surface area contributed by atoms with Crippen molar-refractivity contribution in [3.05, 3.63) is 47.3 Å². The zero-order valence-corrected chi connectivity index (χ0v) is 9.23. The first-order chi connectivity index (χ1) is 8.24. The predicted molar refractivity (Wildman–Crippen MR) is 60.8 cm³/mol. The van der Waals surface area contributed by atoms with Gasteiger partial charge in [0.05, 0.1) is 6.04 Å². The van der Waals surface area contributed by atoms with Crippen molar-refractivity contribution in [3.63, 3.8) is 0 Å². The standard InChI is InChI=1S/C12H13FN4/c13-9-5-3-7(4-6-9)10(14)12-15-11(16-17-12)8-1-2-8/h3-6,8,10H,1-2,14H2,(H,15,16,17)/t10-/m0/s1. The molecule has 1 aromatic carbocycles. The van der Waals surface area contributed by atoms with Crippen LogP contribution in [0.1, 0.15) is 42.0 Å². The Bertz CT molecular complexity index is 516. The van der Waals surface area contributed by atoms with Crippen LogP contribution in [0.5, 0.6) is 0 Å². The van der Waals surface area contributed by atoms with E-state index in [0.717, 1.165) is 11.4 Å². The molecule has 5 heteroatoms. The molecule has 1 aliphatic rings. The van der Waals surface area contributed by atoms with E-state index in [-0.39, 0.29) is 5.82 Å². The summed E-state index contributed by atoms with van der Waals surface area (Å²) in [5.74, 6) is 1.74. The lowest BCUT2D eigenvalue weighted by atomic mass is 10.1. The lowest BCUT2D eigenvalue weighted by Crippen LogP contribution is -2.13. The number of halogens is 1. The van der Waals surface area contributed by atoms with Crippen LogP contribution in [-0.4, -0.2) is 15.2 Å². The summed E-state index contributed by atoms with van der Waals surface area (Å²) in [4.78, 5) is 4.39. The minimum absolute atomic E-state index is 0.269. The Balaban J connectivity index is 1.84. The molecule has 0 unspecified atom stereocenters. The first-order valence-electron chi connectivity index (χ1n) is 5.67. The molecule has 4 nitrogen and oxygen atoms in total. The van der Waals surface area contributed by atoms with Gasteiger partial charge in [-0.25, -0.2) is 9.37 Å². The van der Waals surface area contributed by atoms with Crippen LogP contribution < -0.4 is 5.73 Å². The Kier molecular flexibility index (Phi) is 2.40. The molecule has 0 spiro atoms. The maximum absolute atomic E-state index is 12.8. The minimum Gasteiger partial charge on any atom is -0.318 e. The van der Waals surface area contributed by atoms with Crippen LogP contribution in [0.2, 0.25) is 0 Å². The number of nitrogens with one attached hydrogen (secondary N) is 1.